The van der Waals surface area contributed by atoms with Gasteiger partial charge in [-0.2, -0.15) is 0 Å². The summed E-state index contributed by atoms with van der Waals surface area (Å²) in [6, 6.07) is 16.0. The van der Waals surface area contributed by atoms with Crippen molar-refractivity contribution in [3.63, 3.8) is 0 Å². The van der Waals surface area contributed by atoms with E-state index in [4.69, 9.17) is 10.5 Å². The molecule has 4 aromatic rings. The molecule has 0 aliphatic carbocycles. The lowest BCUT2D eigenvalue weighted by molar-refractivity contribution is -0.110. The summed E-state index contributed by atoms with van der Waals surface area (Å²) in [5, 5.41) is 4.12. The molecule has 1 unspecified atom stereocenters. The molecule has 0 saturated carbocycles. The second-order valence-electron chi connectivity index (χ2n) is 8.63. The lowest BCUT2D eigenvalue weighted by Crippen LogP contribution is -2.30. The molecule has 1 amide bonds. The number of H-pyrrole nitrogens is 1. The van der Waals surface area contributed by atoms with Gasteiger partial charge in [0.25, 0.3) is 5.91 Å². The van der Waals surface area contributed by atoms with Crippen molar-refractivity contribution in [1.82, 2.24) is 9.97 Å². The number of nitrogens with zero attached hydrogens (tertiary/aromatic N) is 1. The second kappa shape index (κ2) is 8.56. The Bertz CT molecular complexity index is 1380. The first-order chi connectivity index (χ1) is 16.0. The van der Waals surface area contributed by atoms with Gasteiger partial charge in [0, 0.05) is 51.7 Å². The summed E-state index contributed by atoms with van der Waals surface area (Å²) in [7, 11) is 0. The number of hydrogen-bond donors (Lipinski definition) is 3. The molecule has 4 N–H and O–H groups in total. The number of fused-ring (bicyclic) bond motifs is 2. The van der Waals surface area contributed by atoms with E-state index in [2.05, 4.69) is 27.4 Å². The van der Waals surface area contributed by atoms with E-state index >= 15 is 0 Å². The number of ether oxygens (including phenoxy) is 1. The Hall–Kier alpha value is -3.90. The predicted molar refractivity (Wildman–Crippen MR) is 132 cm³/mol. The Morgan fingerprint density at radius 2 is 1.94 bits per heavy atom. The molecule has 2 aromatic carbocycles. The average Bonchev–Trinajstić information content (AvgIpc) is 3.37. The summed E-state index contributed by atoms with van der Waals surface area (Å²) in [5.41, 5.74) is 14.0. The summed E-state index contributed by atoms with van der Waals surface area (Å²) in [6.45, 7) is 4.29. The second-order valence-corrected chi connectivity index (χ2v) is 8.63. The summed E-state index contributed by atoms with van der Waals surface area (Å²) in [4.78, 5) is 19.9. The zero-order valence-corrected chi connectivity index (χ0v) is 18.7. The number of nitrogens with one attached hydrogen (secondary N) is 2. The topological polar surface area (TPSA) is 93.0 Å². The van der Waals surface area contributed by atoms with E-state index in [0.29, 0.717) is 18.8 Å². The predicted octanol–water partition coefficient (Wildman–Crippen LogP) is 4.92. The Balaban J connectivity index is 1.30. The molecular formula is C27H26N4O2. The minimum atomic E-state index is -0.148. The van der Waals surface area contributed by atoms with Crippen LogP contribution < -0.4 is 15.8 Å². The highest BCUT2D eigenvalue weighted by Gasteiger charge is 2.25. The van der Waals surface area contributed by atoms with E-state index in [1.807, 2.05) is 56.4 Å². The number of rotatable bonds is 6. The first-order valence-electron chi connectivity index (χ1n) is 11.0. The fourth-order valence-electron chi connectivity index (χ4n) is 4.34. The summed E-state index contributed by atoms with van der Waals surface area (Å²) in [6.07, 6.45) is 6.23. The maximum absolute atomic E-state index is 12.3. The van der Waals surface area contributed by atoms with E-state index in [1.165, 1.54) is 10.9 Å². The van der Waals surface area contributed by atoms with Gasteiger partial charge in [-0.3, -0.25) is 9.78 Å². The molecule has 6 nitrogen and oxygen atoms in total. The van der Waals surface area contributed by atoms with Crippen LogP contribution in [0.3, 0.4) is 0 Å². The normalized spacial score (nSPS) is 13.7. The van der Waals surface area contributed by atoms with Crippen molar-refractivity contribution < 1.29 is 9.53 Å². The zero-order chi connectivity index (χ0) is 22.9. The molecule has 0 radical (unpaired) electrons. The van der Waals surface area contributed by atoms with Crippen molar-refractivity contribution in [2.24, 2.45) is 5.73 Å². The van der Waals surface area contributed by atoms with Gasteiger partial charge in [0.1, 0.15) is 12.4 Å². The molecular weight excluding hydrogens is 412 g/mol. The molecule has 1 aliphatic rings. The van der Waals surface area contributed by atoms with Crippen molar-refractivity contribution in [2.45, 2.75) is 26.3 Å². The Kier molecular flexibility index (Phi) is 5.44. The maximum atomic E-state index is 12.3. The van der Waals surface area contributed by atoms with Crippen LogP contribution >= 0.6 is 0 Å². The number of carbonyl (C=O) groups is 1. The number of allylic oxidation sites excluding steroid dienone is 1. The molecule has 1 atom stereocenters. The van der Waals surface area contributed by atoms with Crippen LogP contribution in [0.15, 0.2) is 72.7 Å². The van der Waals surface area contributed by atoms with Crippen LogP contribution in [-0.4, -0.2) is 28.5 Å². The van der Waals surface area contributed by atoms with Gasteiger partial charge in [-0.15, -0.1) is 0 Å². The number of carbonyl (C=O) groups excluding carboxylic acids is 1. The highest BCUT2D eigenvalue weighted by Crippen LogP contribution is 2.37. The van der Waals surface area contributed by atoms with Crippen LogP contribution in [0.2, 0.25) is 0 Å². The van der Waals surface area contributed by atoms with E-state index in [9.17, 15) is 4.79 Å². The van der Waals surface area contributed by atoms with Gasteiger partial charge in [-0.25, -0.2) is 0 Å². The fraction of sp³-hybridized carbons (Fsp3) is 0.185. The molecule has 3 heterocycles. The van der Waals surface area contributed by atoms with Gasteiger partial charge in [-0.1, -0.05) is 29.8 Å². The fourth-order valence-corrected chi connectivity index (χ4v) is 4.34. The maximum Gasteiger partial charge on any atom is 0.256 e. The Morgan fingerprint density at radius 3 is 2.79 bits per heavy atom. The number of anilines is 1. The highest BCUT2D eigenvalue weighted by molar-refractivity contribution is 6.32. The molecule has 0 bridgehead atoms. The van der Waals surface area contributed by atoms with Gasteiger partial charge >= 0.3 is 0 Å². The van der Waals surface area contributed by atoms with Crippen LogP contribution in [-0.2, 0) is 11.2 Å². The number of hydrogen-bond acceptors (Lipinski definition) is 4. The molecule has 0 saturated heterocycles. The van der Waals surface area contributed by atoms with Crippen molar-refractivity contribution in [2.75, 3.05) is 11.9 Å². The lowest BCUT2D eigenvalue weighted by atomic mass is 9.98. The molecule has 2 aromatic heterocycles. The zero-order valence-electron chi connectivity index (χ0n) is 18.7. The minimum Gasteiger partial charge on any atom is -0.490 e. The van der Waals surface area contributed by atoms with E-state index < -0.39 is 0 Å². The monoisotopic (exact) mass is 438 g/mol. The summed E-state index contributed by atoms with van der Waals surface area (Å²) < 4.78 is 5.99. The first kappa shape index (κ1) is 21.0. The molecule has 166 valence electrons. The Morgan fingerprint density at radius 1 is 1.09 bits per heavy atom. The van der Waals surface area contributed by atoms with E-state index in [-0.39, 0.29) is 11.9 Å². The van der Waals surface area contributed by atoms with Crippen LogP contribution in [0, 0.1) is 0 Å². The highest BCUT2D eigenvalue weighted by atomic mass is 16.5. The van der Waals surface area contributed by atoms with Crippen molar-refractivity contribution >= 4 is 28.1 Å². The van der Waals surface area contributed by atoms with Gasteiger partial charge in [0.05, 0.1) is 6.20 Å². The summed E-state index contributed by atoms with van der Waals surface area (Å²) in [5.74, 6) is 0.612. The molecule has 0 spiro atoms. The third-order valence-electron chi connectivity index (χ3n) is 5.93. The van der Waals surface area contributed by atoms with Gasteiger partial charge in [-0.05, 0) is 55.7 Å². The number of pyridine rings is 1. The molecule has 1 aliphatic heterocycles. The number of para-hydroxylation sites is 1. The van der Waals surface area contributed by atoms with Crippen LogP contribution in [0.25, 0.3) is 27.6 Å². The van der Waals surface area contributed by atoms with Crippen molar-refractivity contribution in [3.05, 3.63) is 83.8 Å². The third-order valence-corrected chi connectivity index (χ3v) is 5.93. The molecule has 0 fully saturated rings. The van der Waals surface area contributed by atoms with E-state index in [1.54, 1.807) is 12.4 Å². The van der Waals surface area contributed by atoms with Gasteiger partial charge < -0.3 is 20.8 Å². The molecule has 6 heteroatoms. The van der Waals surface area contributed by atoms with Crippen molar-refractivity contribution in [3.8, 4) is 16.9 Å². The number of aromatic amines is 1. The number of aromatic nitrogens is 2. The van der Waals surface area contributed by atoms with Crippen LogP contribution in [0.4, 0.5) is 5.69 Å². The number of amides is 1. The SMILES string of the molecule is CC(C)=C1C(=O)Nc2ccc(-c3cncc(OCC(N)Cc4c[nH]c5ccccc45)c3)cc21. The van der Waals surface area contributed by atoms with Crippen LogP contribution in [0.1, 0.15) is 25.0 Å². The number of benzene rings is 2. The van der Waals surface area contributed by atoms with E-state index in [0.717, 1.165) is 39.0 Å². The smallest absolute Gasteiger partial charge is 0.256 e. The quantitative estimate of drug-likeness (QED) is 0.372. The van der Waals surface area contributed by atoms with Crippen LogP contribution in [0.5, 0.6) is 5.75 Å². The molecule has 33 heavy (non-hydrogen) atoms. The standard InChI is InChI=1S/C27H26N4O2/c1-16(2)26-23-11-17(7-8-25(23)31-27(26)32)18-10-21(14-29-12-18)33-15-20(28)9-19-13-30-24-6-4-3-5-22(19)24/h3-8,10-14,20,30H,9,15,28H2,1-2H3,(H,31,32). The largest absolute Gasteiger partial charge is 0.490 e. The lowest BCUT2D eigenvalue weighted by Gasteiger charge is -2.13. The third kappa shape index (κ3) is 4.13. The Labute approximate surface area is 192 Å². The minimum absolute atomic E-state index is 0.0541. The first-order valence-corrected chi connectivity index (χ1v) is 11.0. The number of nitrogens with two attached hydrogens (primary N) is 1. The van der Waals surface area contributed by atoms with Gasteiger partial charge in [0.2, 0.25) is 0 Å². The van der Waals surface area contributed by atoms with Crippen molar-refractivity contribution in [1.29, 1.82) is 0 Å². The van der Waals surface area contributed by atoms with Gasteiger partial charge in [0.15, 0.2) is 0 Å². The summed E-state index contributed by atoms with van der Waals surface area (Å²) >= 11 is 0. The average molecular weight is 439 g/mol. The molecule has 5 rings (SSSR count).